The molecule has 3 heteroatoms. The molecule has 0 heterocycles. The Morgan fingerprint density at radius 3 is 2.25 bits per heavy atom. The number of rotatable bonds is 4. The van der Waals surface area contributed by atoms with Crippen LogP contribution in [0.3, 0.4) is 0 Å². The summed E-state index contributed by atoms with van der Waals surface area (Å²) in [7, 11) is 3.96. The van der Waals surface area contributed by atoms with Gasteiger partial charge in [0, 0.05) is 31.9 Å². The molecule has 0 aliphatic carbocycles. The van der Waals surface area contributed by atoms with Crippen LogP contribution in [0.5, 0.6) is 0 Å². The Morgan fingerprint density at radius 1 is 1.25 bits per heavy atom. The normalized spacial score (nSPS) is 10.3. The van der Waals surface area contributed by atoms with E-state index < -0.39 is 0 Å². The molecular formula is C13H20N2O. The van der Waals surface area contributed by atoms with Crippen molar-refractivity contribution in [1.29, 1.82) is 0 Å². The molecule has 0 saturated carbocycles. The van der Waals surface area contributed by atoms with Gasteiger partial charge in [-0.1, -0.05) is 13.8 Å². The van der Waals surface area contributed by atoms with E-state index in [9.17, 15) is 4.79 Å². The smallest absolute Gasteiger partial charge is 0.251 e. The molecule has 0 saturated heterocycles. The van der Waals surface area contributed by atoms with Crippen LogP contribution >= 0.6 is 0 Å². The van der Waals surface area contributed by atoms with Crippen LogP contribution in [0.4, 0.5) is 5.69 Å². The highest BCUT2D eigenvalue weighted by Crippen LogP contribution is 2.12. The molecule has 0 atom stereocenters. The van der Waals surface area contributed by atoms with Gasteiger partial charge in [-0.05, 0) is 30.2 Å². The average Bonchev–Trinajstić information content (AvgIpc) is 2.26. The Morgan fingerprint density at radius 2 is 1.81 bits per heavy atom. The zero-order valence-electron chi connectivity index (χ0n) is 10.4. The van der Waals surface area contributed by atoms with Gasteiger partial charge < -0.3 is 10.2 Å². The molecule has 0 spiro atoms. The Bertz CT molecular complexity index is 341. The van der Waals surface area contributed by atoms with Crippen molar-refractivity contribution >= 4 is 11.6 Å². The number of amides is 1. The number of hydrogen-bond donors (Lipinski definition) is 1. The summed E-state index contributed by atoms with van der Waals surface area (Å²) < 4.78 is 0. The second-order valence-corrected chi connectivity index (χ2v) is 4.55. The number of nitrogens with zero attached hydrogens (tertiary/aromatic N) is 1. The summed E-state index contributed by atoms with van der Waals surface area (Å²) in [6.07, 6.45) is 0. The van der Waals surface area contributed by atoms with E-state index in [1.807, 2.05) is 43.3 Å². The number of anilines is 1. The minimum Gasteiger partial charge on any atom is -0.378 e. The van der Waals surface area contributed by atoms with Gasteiger partial charge in [0.05, 0.1) is 0 Å². The number of benzene rings is 1. The second kappa shape index (κ2) is 5.54. The minimum absolute atomic E-state index is 0.000920. The summed E-state index contributed by atoms with van der Waals surface area (Å²) in [6.45, 7) is 4.87. The first kappa shape index (κ1) is 12.6. The predicted molar refractivity (Wildman–Crippen MR) is 67.9 cm³/mol. The van der Waals surface area contributed by atoms with Crippen LogP contribution in [-0.2, 0) is 0 Å². The summed E-state index contributed by atoms with van der Waals surface area (Å²) in [5, 5.41) is 2.89. The zero-order valence-corrected chi connectivity index (χ0v) is 10.4. The van der Waals surface area contributed by atoms with E-state index in [1.54, 1.807) is 0 Å². The lowest BCUT2D eigenvalue weighted by Crippen LogP contribution is -2.27. The first-order valence-electron chi connectivity index (χ1n) is 5.56. The lowest BCUT2D eigenvalue weighted by molar-refractivity contribution is 0.0949. The molecule has 0 fully saturated rings. The molecule has 1 aromatic carbocycles. The standard InChI is InChI=1S/C13H20N2O/c1-10(2)9-14-13(16)11-5-7-12(8-6-11)15(3)4/h5-8,10H,9H2,1-4H3,(H,14,16). The van der Waals surface area contributed by atoms with Gasteiger partial charge in [0.15, 0.2) is 0 Å². The largest absolute Gasteiger partial charge is 0.378 e. The predicted octanol–water partition coefficient (Wildman–Crippen LogP) is 2.14. The van der Waals surface area contributed by atoms with Crippen LogP contribution in [0.1, 0.15) is 24.2 Å². The Labute approximate surface area is 97.5 Å². The van der Waals surface area contributed by atoms with Crippen LogP contribution in [0.25, 0.3) is 0 Å². The lowest BCUT2D eigenvalue weighted by Gasteiger charge is -2.13. The lowest BCUT2D eigenvalue weighted by atomic mass is 10.1. The summed E-state index contributed by atoms with van der Waals surface area (Å²) in [4.78, 5) is 13.7. The van der Waals surface area contributed by atoms with E-state index in [2.05, 4.69) is 19.2 Å². The molecule has 1 aromatic rings. The number of carbonyl (C=O) groups excluding carboxylic acids is 1. The van der Waals surface area contributed by atoms with Gasteiger partial charge in [0.1, 0.15) is 0 Å². The fourth-order valence-electron chi connectivity index (χ4n) is 1.31. The van der Waals surface area contributed by atoms with Crippen LogP contribution in [0, 0.1) is 5.92 Å². The summed E-state index contributed by atoms with van der Waals surface area (Å²) >= 11 is 0. The van der Waals surface area contributed by atoms with Crippen LogP contribution in [-0.4, -0.2) is 26.5 Å². The quantitative estimate of drug-likeness (QED) is 0.843. The molecule has 0 aliphatic heterocycles. The maximum absolute atomic E-state index is 11.7. The molecule has 0 aromatic heterocycles. The summed E-state index contributed by atoms with van der Waals surface area (Å²) in [6, 6.07) is 7.60. The molecule has 88 valence electrons. The van der Waals surface area contributed by atoms with Crippen molar-refractivity contribution in [2.75, 3.05) is 25.5 Å². The summed E-state index contributed by atoms with van der Waals surface area (Å²) in [5.74, 6) is 0.476. The van der Waals surface area contributed by atoms with E-state index in [4.69, 9.17) is 0 Å². The highest BCUT2D eigenvalue weighted by molar-refractivity contribution is 5.94. The van der Waals surface area contributed by atoms with Gasteiger partial charge in [0.25, 0.3) is 5.91 Å². The van der Waals surface area contributed by atoms with Crippen molar-refractivity contribution < 1.29 is 4.79 Å². The topological polar surface area (TPSA) is 32.3 Å². The van der Waals surface area contributed by atoms with E-state index in [1.165, 1.54) is 0 Å². The van der Waals surface area contributed by atoms with Gasteiger partial charge in [-0.2, -0.15) is 0 Å². The van der Waals surface area contributed by atoms with Gasteiger partial charge in [0.2, 0.25) is 0 Å². The number of carbonyl (C=O) groups is 1. The van der Waals surface area contributed by atoms with Crippen molar-refractivity contribution in [2.45, 2.75) is 13.8 Å². The summed E-state index contributed by atoms with van der Waals surface area (Å²) in [5.41, 5.74) is 1.81. The Balaban J connectivity index is 2.63. The van der Waals surface area contributed by atoms with Crippen LogP contribution in [0.2, 0.25) is 0 Å². The highest BCUT2D eigenvalue weighted by Gasteiger charge is 2.05. The number of hydrogen-bond acceptors (Lipinski definition) is 2. The van der Waals surface area contributed by atoms with E-state index in [0.29, 0.717) is 18.0 Å². The third kappa shape index (κ3) is 3.57. The first-order chi connectivity index (χ1) is 7.50. The molecule has 3 nitrogen and oxygen atoms in total. The first-order valence-corrected chi connectivity index (χ1v) is 5.56. The molecule has 0 unspecified atom stereocenters. The molecule has 1 N–H and O–H groups in total. The van der Waals surface area contributed by atoms with E-state index in [0.717, 1.165) is 5.69 Å². The molecule has 0 radical (unpaired) electrons. The number of nitrogens with one attached hydrogen (secondary N) is 1. The monoisotopic (exact) mass is 220 g/mol. The van der Waals surface area contributed by atoms with Crippen molar-refractivity contribution in [3.05, 3.63) is 29.8 Å². The maximum Gasteiger partial charge on any atom is 0.251 e. The van der Waals surface area contributed by atoms with Crippen LogP contribution < -0.4 is 10.2 Å². The molecular weight excluding hydrogens is 200 g/mol. The molecule has 0 aliphatic rings. The second-order valence-electron chi connectivity index (χ2n) is 4.55. The van der Waals surface area contributed by atoms with Crippen molar-refractivity contribution in [1.82, 2.24) is 5.32 Å². The average molecular weight is 220 g/mol. The molecule has 16 heavy (non-hydrogen) atoms. The van der Waals surface area contributed by atoms with Gasteiger partial charge in [-0.15, -0.1) is 0 Å². The Hall–Kier alpha value is -1.51. The SMILES string of the molecule is CC(C)CNC(=O)c1ccc(N(C)C)cc1. The van der Waals surface area contributed by atoms with Crippen molar-refractivity contribution in [3.63, 3.8) is 0 Å². The van der Waals surface area contributed by atoms with E-state index >= 15 is 0 Å². The highest BCUT2D eigenvalue weighted by atomic mass is 16.1. The van der Waals surface area contributed by atoms with E-state index in [-0.39, 0.29) is 5.91 Å². The van der Waals surface area contributed by atoms with Gasteiger partial charge >= 0.3 is 0 Å². The van der Waals surface area contributed by atoms with Gasteiger partial charge in [-0.25, -0.2) is 0 Å². The fourth-order valence-corrected chi connectivity index (χ4v) is 1.31. The molecule has 1 rings (SSSR count). The third-order valence-electron chi connectivity index (χ3n) is 2.32. The minimum atomic E-state index is -0.000920. The molecule has 1 amide bonds. The van der Waals surface area contributed by atoms with Crippen molar-refractivity contribution in [2.24, 2.45) is 5.92 Å². The zero-order chi connectivity index (χ0) is 12.1. The molecule has 0 bridgehead atoms. The van der Waals surface area contributed by atoms with Crippen LogP contribution in [0.15, 0.2) is 24.3 Å². The maximum atomic E-state index is 11.7. The van der Waals surface area contributed by atoms with Gasteiger partial charge in [-0.3, -0.25) is 4.79 Å². The van der Waals surface area contributed by atoms with Crippen molar-refractivity contribution in [3.8, 4) is 0 Å². The Kier molecular flexibility index (Phi) is 4.35. The fraction of sp³-hybridized carbons (Fsp3) is 0.462. The third-order valence-corrected chi connectivity index (χ3v) is 2.32.